The number of nitrogens with two attached hydrogens (primary N) is 2. The average molecular weight is 503 g/mol. The lowest BCUT2D eigenvalue weighted by atomic mass is 9.95. The van der Waals surface area contributed by atoms with Crippen molar-refractivity contribution in [2.75, 3.05) is 13.2 Å². The molecule has 0 aliphatic heterocycles. The molecule has 0 saturated carbocycles. The Morgan fingerprint density at radius 3 is 2.17 bits per heavy atom. The van der Waals surface area contributed by atoms with Gasteiger partial charge in [-0.25, -0.2) is 27.3 Å². The van der Waals surface area contributed by atoms with Crippen molar-refractivity contribution in [2.45, 2.75) is 31.2 Å². The molecule has 0 amide bonds. The number of aromatic nitrogens is 2. The molecule has 1 atom stereocenters. The Kier molecular flexibility index (Phi) is 8.68. The summed E-state index contributed by atoms with van der Waals surface area (Å²) in [5.41, 5.74) is 10.1. The SMILES string of the molecule is CCOCC.N[C@@H](Cc1cc(F)cc(F)c1)c1nc2cc[nH]c2cc1-c1ccc(S(N)(=O)=O)cc1. The molecular formula is C25H28F2N4O3S. The van der Waals surface area contributed by atoms with Crippen LogP contribution in [-0.2, 0) is 21.2 Å². The minimum absolute atomic E-state index is 0.0127. The normalized spacial score (nSPS) is 12.3. The molecule has 35 heavy (non-hydrogen) atoms. The Balaban J connectivity index is 0.000000623. The van der Waals surface area contributed by atoms with Crippen molar-refractivity contribution < 1.29 is 21.9 Å². The molecule has 0 aliphatic carbocycles. The van der Waals surface area contributed by atoms with Gasteiger partial charge >= 0.3 is 0 Å². The van der Waals surface area contributed by atoms with Crippen LogP contribution >= 0.6 is 0 Å². The van der Waals surface area contributed by atoms with Gasteiger partial charge in [0.1, 0.15) is 11.6 Å². The van der Waals surface area contributed by atoms with Gasteiger partial charge < -0.3 is 15.5 Å². The van der Waals surface area contributed by atoms with Crippen molar-refractivity contribution in [3.05, 3.63) is 83.7 Å². The van der Waals surface area contributed by atoms with Crippen LogP contribution in [0, 0.1) is 11.6 Å². The van der Waals surface area contributed by atoms with E-state index in [9.17, 15) is 17.2 Å². The second kappa shape index (κ2) is 11.5. The minimum atomic E-state index is -3.82. The Bertz CT molecular complexity index is 1370. The number of fused-ring (bicyclic) bond motifs is 1. The van der Waals surface area contributed by atoms with Crippen LogP contribution in [0.2, 0.25) is 0 Å². The van der Waals surface area contributed by atoms with Gasteiger partial charge in [0.2, 0.25) is 10.0 Å². The van der Waals surface area contributed by atoms with Crippen molar-refractivity contribution >= 4 is 21.1 Å². The first kappa shape index (κ1) is 26.4. The second-order valence-corrected chi connectivity index (χ2v) is 9.33. The van der Waals surface area contributed by atoms with Crippen molar-refractivity contribution in [3.8, 4) is 11.1 Å². The Morgan fingerprint density at radius 1 is 1.00 bits per heavy atom. The number of H-pyrrole nitrogens is 1. The number of pyridine rings is 1. The van der Waals surface area contributed by atoms with Gasteiger partial charge in [-0.15, -0.1) is 0 Å². The fraction of sp³-hybridized carbons (Fsp3) is 0.240. The van der Waals surface area contributed by atoms with Gasteiger partial charge in [0.15, 0.2) is 0 Å². The van der Waals surface area contributed by atoms with Gasteiger partial charge in [0, 0.05) is 31.0 Å². The zero-order valence-corrected chi connectivity index (χ0v) is 20.3. The van der Waals surface area contributed by atoms with E-state index >= 15 is 0 Å². The summed E-state index contributed by atoms with van der Waals surface area (Å²) in [6.07, 6.45) is 1.91. The predicted molar refractivity (Wildman–Crippen MR) is 132 cm³/mol. The van der Waals surface area contributed by atoms with E-state index in [4.69, 9.17) is 15.6 Å². The third-order valence-electron chi connectivity index (χ3n) is 5.19. The van der Waals surface area contributed by atoms with Crippen LogP contribution < -0.4 is 10.9 Å². The van der Waals surface area contributed by atoms with Gasteiger partial charge in [-0.1, -0.05) is 12.1 Å². The first-order chi connectivity index (χ1) is 16.6. The van der Waals surface area contributed by atoms with E-state index < -0.39 is 27.7 Å². The van der Waals surface area contributed by atoms with Crippen molar-refractivity contribution in [2.24, 2.45) is 10.9 Å². The number of hydrogen-bond acceptors (Lipinski definition) is 5. The molecule has 7 nitrogen and oxygen atoms in total. The highest BCUT2D eigenvalue weighted by Crippen LogP contribution is 2.31. The molecule has 0 unspecified atom stereocenters. The highest BCUT2D eigenvalue weighted by Gasteiger charge is 2.18. The zero-order valence-electron chi connectivity index (χ0n) is 19.5. The number of halogens is 2. The van der Waals surface area contributed by atoms with E-state index in [0.29, 0.717) is 27.9 Å². The van der Waals surface area contributed by atoms with E-state index in [1.165, 1.54) is 24.3 Å². The highest BCUT2D eigenvalue weighted by molar-refractivity contribution is 7.89. The lowest BCUT2D eigenvalue weighted by Gasteiger charge is -2.17. The van der Waals surface area contributed by atoms with Crippen LogP contribution in [0.3, 0.4) is 0 Å². The Morgan fingerprint density at radius 2 is 1.63 bits per heavy atom. The molecule has 2 aromatic heterocycles. The van der Waals surface area contributed by atoms with E-state index in [2.05, 4.69) is 9.97 Å². The summed E-state index contributed by atoms with van der Waals surface area (Å²) in [5, 5.41) is 5.17. The smallest absolute Gasteiger partial charge is 0.238 e. The number of aromatic amines is 1. The molecule has 0 spiro atoms. The largest absolute Gasteiger partial charge is 0.382 e. The maximum atomic E-state index is 13.6. The molecule has 0 radical (unpaired) electrons. The minimum Gasteiger partial charge on any atom is -0.382 e. The van der Waals surface area contributed by atoms with Gasteiger partial charge in [-0.05, 0) is 67.8 Å². The summed E-state index contributed by atoms with van der Waals surface area (Å²) in [7, 11) is -3.82. The third kappa shape index (κ3) is 6.92. The number of nitrogens with one attached hydrogen (secondary N) is 1. The van der Waals surface area contributed by atoms with E-state index in [1.54, 1.807) is 24.4 Å². The molecule has 0 saturated heterocycles. The third-order valence-corrected chi connectivity index (χ3v) is 6.12. The number of primary sulfonamides is 1. The summed E-state index contributed by atoms with van der Waals surface area (Å²) in [6, 6.07) is 12.3. The van der Waals surface area contributed by atoms with E-state index in [1.807, 2.05) is 19.9 Å². The lowest BCUT2D eigenvalue weighted by Crippen LogP contribution is -2.17. The maximum Gasteiger partial charge on any atom is 0.238 e. The quantitative estimate of drug-likeness (QED) is 0.345. The second-order valence-electron chi connectivity index (χ2n) is 7.77. The van der Waals surface area contributed by atoms with Gasteiger partial charge in [-0.2, -0.15) is 0 Å². The van der Waals surface area contributed by atoms with Crippen LogP contribution in [0.5, 0.6) is 0 Å². The van der Waals surface area contributed by atoms with E-state index in [-0.39, 0.29) is 11.3 Å². The molecule has 4 rings (SSSR count). The molecule has 4 aromatic rings. The van der Waals surface area contributed by atoms with Crippen molar-refractivity contribution in [1.29, 1.82) is 0 Å². The maximum absolute atomic E-state index is 13.6. The Labute approximate surface area is 203 Å². The lowest BCUT2D eigenvalue weighted by molar-refractivity contribution is 0.162. The van der Waals surface area contributed by atoms with Crippen LogP contribution in [0.25, 0.3) is 22.2 Å². The highest BCUT2D eigenvalue weighted by atomic mass is 32.2. The molecule has 0 aliphatic rings. The summed E-state index contributed by atoms with van der Waals surface area (Å²) in [6.45, 7) is 5.67. The van der Waals surface area contributed by atoms with Crippen LogP contribution in [0.1, 0.15) is 31.1 Å². The van der Waals surface area contributed by atoms with Crippen LogP contribution in [0.4, 0.5) is 8.78 Å². The first-order valence-corrected chi connectivity index (χ1v) is 12.6. The molecule has 2 aromatic carbocycles. The predicted octanol–water partition coefficient (Wildman–Crippen LogP) is 4.44. The monoisotopic (exact) mass is 502 g/mol. The van der Waals surface area contributed by atoms with Crippen LogP contribution in [0.15, 0.2) is 65.7 Å². The molecule has 0 bridgehead atoms. The summed E-state index contributed by atoms with van der Waals surface area (Å²) in [4.78, 5) is 7.70. The average Bonchev–Trinajstić information content (AvgIpc) is 3.26. The van der Waals surface area contributed by atoms with Crippen molar-refractivity contribution in [3.63, 3.8) is 0 Å². The number of rotatable bonds is 7. The molecule has 5 N–H and O–H groups in total. The van der Waals surface area contributed by atoms with Gasteiger partial charge in [0.25, 0.3) is 0 Å². The molecule has 2 heterocycles. The molecule has 0 fully saturated rings. The number of benzene rings is 2. The molecule has 10 heteroatoms. The first-order valence-electron chi connectivity index (χ1n) is 11.0. The number of sulfonamides is 1. The summed E-state index contributed by atoms with van der Waals surface area (Å²) < 4.78 is 55.0. The van der Waals surface area contributed by atoms with Gasteiger partial charge in [-0.3, -0.25) is 0 Å². The van der Waals surface area contributed by atoms with Crippen molar-refractivity contribution in [1.82, 2.24) is 9.97 Å². The standard InChI is InChI=1S/C21H18F2N4O2S.C4H10O/c22-14-7-12(8-15(23)10-14)9-18(24)21-17(11-20-19(27-21)5-6-26-20)13-1-3-16(4-2-13)30(25,28)29;1-3-5-4-2/h1-8,10-11,18,26H,9,24H2,(H2,25,28,29);3-4H2,1-2H3/t18-;/m0./s1. The number of ether oxygens (including phenoxy) is 1. The van der Waals surface area contributed by atoms with Gasteiger partial charge in [0.05, 0.1) is 27.7 Å². The number of nitrogens with zero attached hydrogens (tertiary/aromatic N) is 1. The van der Waals surface area contributed by atoms with E-state index in [0.717, 1.165) is 24.8 Å². The van der Waals surface area contributed by atoms with Crippen LogP contribution in [-0.4, -0.2) is 31.6 Å². The molecular weight excluding hydrogens is 474 g/mol. The fourth-order valence-electron chi connectivity index (χ4n) is 3.62. The number of hydrogen-bond donors (Lipinski definition) is 3. The summed E-state index contributed by atoms with van der Waals surface area (Å²) in [5.74, 6) is -1.35. The zero-order chi connectivity index (χ0) is 25.6. The summed E-state index contributed by atoms with van der Waals surface area (Å²) >= 11 is 0. The Hall–Kier alpha value is -3.18. The fourth-order valence-corrected chi connectivity index (χ4v) is 4.13. The topological polar surface area (TPSA) is 124 Å². The molecule has 186 valence electrons.